The van der Waals surface area contributed by atoms with Gasteiger partial charge in [-0.3, -0.25) is 14.2 Å². The summed E-state index contributed by atoms with van der Waals surface area (Å²) in [6.45, 7) is 6.38. The highest BCUT2D eigenvalue weighted by Crippen LogP contribution is 2.31. The Morgan fingerprint density at radius 3 is 2.19 bits per heavy atom. The molecule has 4 aromatic rings. The number of nitrogens with zero attached hydrogens (tertiary/aromatic N) is 2. The molecular weight excluding hydrogens is 406 g/mol. The van der Waals surface area contributed by atoms with E-state index in [9.17, 15) is 9.59 Å². The molecule has 31 heavy (non-hydrogen) atoms. The Morgan fingerprint density at radius 2 is 1.61 bits per heavy atom. The van der Waals surface area contributed by atoms with Crippen LogP contribution in [0.1, 0.15) is 28.5 Å². The van der Waals surface area contributed by atoms with Crippen LogP contribution in [0.4, 0.5) is 0 Å². The van der Waals surface area contributed by atoms with Crippen LogP contribution in [0.3, 0.4) is 0 Å². The summed E-state index contributed by atoms with van der Waals surface area (Å²) >= 11 is 1.50. The van der Waals surface area contributed by atoms with Crippen LogP contribution in [0.15, 0.2) is 71.8 Å². The van der Waals surface area contributed by atoms with Gasteiger partial charge in [0, 0.05) is 16.8 Å². The highest BCUT2D eigenvalue weighted by molar-refractivity contribution is 7.18. The van der Waals surface area contributed by atoms with Gasteiger partial charge in [0.1, 0.15) is 11.4 Å². The van der Waals surface area contributed by atoms with Crippen molar-refractivity contribution in [3.8, 4) is 0 Å². The molecule has 0 fully saturated rings. The van der Waals surface area contributed by atoms with Gasteiger partial charge in [-0.1, -0.05) is 60.7 Å². The quantitative estimate of drug-likeness (QED) is 0.498. The summed E-state index contributed by atoms with van der Waals surface area (Å²) in [5, 5.41) is 3.65. The van der Waals surface area contributed by atoms with Gasteiger partial charge in [0.05, 0.1) is 11.7 Å². The summed E-state index contributed by atoms with van der Waals surface area (Å²) in [5.74, 6) is -0.217. The molecule has 6 heteroatoms. The predicted molar refractivity (Wildman–Crippen MR) is 126 cm³/mol. The third-order valence-electron chi connectivity index (χ3n) is 5.93. The molecule has 158 valence electrons. The Bertz CT molecular complexity index is 1240. The van der Waals surface area contributed by atoms with Crippen molar-refractivity contribution in [2.45, 2.75) is 32.7 Å². The van der Waals surface area contributed by atoms with Gasteiger partial charge in [0.2, 0.25) is 5.91 Å². The number of carbonyl (C=O) groups excluding carboxylic acids is 1. The number of thiophene rings is 1. The third-order valence-corrected chi connectivity index (χ3v) is 7.05. The van der Waals surface area contributed by atoms with E-state index >= 15 is 0 Å². The fourth-order valence-corrected chi connectivity index (χ4v) is 4.84. The first-order valence-corrected chi connectivity index (χ1v) is 11.0. The molecule has 0 aliphatic heterocycles. The van der Waals surface area contributed by atoms with E-state index in [1.54, 1.807) is 0 Å². The number of hydrogen-bond acceptors (Lipinski definition) is 4. The maximum absolute atomic E-state index is 12.9. The first-order valence-electron chi connectivity index (χ1n) is 10.2. The van der Waals surface area contributed by atoms with Crippen LogP contribution in [0.2, 0.25) is 0 Å². The van der Waals surface area contributed by atoms with Gasteiger partial charge >= 0.3 is 0 Å². The van der Waals surface area contributed by atoms with Gasteiger partial charge in [0.15, 0.2) is 0 Å². The second-order valence-electron chi connectivity index (χ2n) is 7.98. The van der Waals surface area contributed by atoms with Crippen LogP contribution in [0, 0.1) is 13.8 Å². The van der Waals surface area contributed by atoms with Crippen molar-refractivity contribution in [1.29, 1.82) is 0 Å². The average molecular weight is 432 g/mol. The Labute approximate surface area is 185 Å². The van der Waals surface area contributed by atoms with Crippen LogP contribution >= 0.6 is 11.3 Å². The van der Waals surface area contributed by atoms with Gasteiger partial charge in [0.25, 0.3) is 5.56 Å². The SMILES string of the molecule is Cc1sc2ncn(CC(=O)NCC(C)(c3ccccc3)c3ccccc3)c(=O)c2c1C. The Morgan fingerprint density at radius 1 is 1.03 bits per heavy atom. The summed E-state index contributed by atoms with van der Waals surface area (Å²) in [6, 6.07) is 20.3. The number of aromatic nitrogens is 2. The largest absolute Gasteiger partial charge is 0.353 e. The first kappa shape index (κ1) is 21.0. The Balaban J connectivity index is 1.57. The van der Waals surface area contributed by atoms with Crippen LogP contribution < -0.4 is 10.9 Å². The van der Waals surface area contributed by atoms with Crippen LogP contribution in [0.25, 0.3) is 10.2 Å². The molecule has 2 aromatic heterocycles. The van der Waals surface area contributed by atoms with Gasteiger partial charge in [-0.05, 0) is 37.5 Å². The van der Waals surface area contributed by atoms with Crippen LogP contribution in [0.5, 0.6) is 0 Å². The number of fused-ring (bicyclic) bond motifs is 1. The number of rotatable bonds is 6. The van der Waals surface area contributed by atoms with E-state index in [0.29, 0.717) is 11.9 Å². The molecule has 4 rings (SSSR count). The molecule has 0 saturated carbocycles. The van der Waals surface area contributed by atoms with Gasteiger partial charge in [-0.15, -0.1) is 11.3 Å². The predicted octanol–water partition coefficient (Wildman–Crippen LogP) is 4.20. The standard InChI is InChI=1S/C25H25N3O2S/c1-17-18(2)31-23-22(17)24(30)28(16-27-23)14-21(29)26-15-25(3,19-10-6-4-7-11-19)20-12-8-5-9-13-20/h4-13,16H,14-15H2,1-3H3,(H,26,29). The zero-order chi connectivity index (χ0) is 22.0. The summed E-state index contributed by atoms with van der Waals surface area (Å²) in [5.41, 5.74) is 2.60. The fraction of sp³-hybridized carbons (Fsp3) is 0.240. The molecule has 1 N–H and O–H groups in total. The van der Waals surface area contributed by atoms with Crippen molar-refractivity contribution in [3.63, 3.8) is 0 Å². The van der Waals surface area contributed by atoms with Crippen molar-refractivity contribution in [1.82, 2.24) is 14.9 Å². The average Bonchev–Trinajstić information content (AvgIpc) is 3.09. The van der Waals surface area contributed by atoms with E-state index in [1.165, 1.54) is 22.2 Å². The van der Waals surface area contributed by atoms with Gasteiger partial charge < -0.3 is 5.32 Å². The summed E-state index contributed by atoms with van der Waals surface area (Å²) in [4.78, 5) is 31.9. The molecule has 0 bridgehead atoms. The van der Waals surface area contributed by atoms with E-state index in [2.05, 4.69) is 41.5 Å². The minimum absolute atomic E-state index is 0.0598. The number of benzene rings is 2. The lowest BCUT2D eigenvalue weighted by molar-refractivity contribution is -0.121. The monoisotopic (exact) mass is 431 g/mol. The molecule has 1 amide bonds. The molecule has 0 unspecified atom stereocenters. The van der Waals surface area contributed by atoms with Crippen molar-refractivity contribution in [3.05, 3.63) is 98.9 Å². The minimum Gasteiger partial charge on any atom is -0.353 e. The zero-order valence-corrected chi connectivity index (χ0v) is 18.7. The lowest BCUT2D eigenvalue weighted by atomic mass is 9.76. The van der Waals surface area contributed by atoms with E-state index in [-0.39, 0.29) is 18.0 Å². The van der Waals surface area contributed by atoms with Crippen LogP contribution in [-0.4, -0.2) is 22.0 Å². The topological polar surface area (TPSA) is 64.0 Å². The number of carbonyl (C=O) groups is 1. The summed E-state index contributed by atoms with van der Waals surface area (Å²) in [6.07, 6.45) is 1.47. The summed E-state index contributed by atoms with van der Waals surface area (Å²) < 4.78 is 1.39. The minimum atomic E-state index is -0.396. The molecule has 0 aliphatic rings. The van der Waals surface area contributed by atoms with E-state index in [4.69, 9.17) is 0 Å². The van der Waals surface area contributed by atoms with E-state index in [1.807, 2.05) is 50.2 Å². The van der Waals surface area contributed by atoms with Crippen molar-refractivity contribution in [2.24, 2.45) is 0 Å². The molecule has 0 spiro atoms. The van der Waals surface area contributed by atoms with E-state index in [0.717, 1.165) is 26.4 Å². The number of aryl methyl sites for hydroxylation is 2. The maximum atomic E-state index is 12.9. The van der Waals surface area contributed by atoms with Crippen molar-refractivity contribution in [2.75, 3.05) is 6.54 Å². The van der Waals surface area contributed by atoms with Gasteiger partial charge in [-0.2, -0.15) is 0 Å². The van der Waals surface area contributed by atoms with Crippen molar-refractivity contribution >= 4 is 27.5 Å². The highest BCUT2D eigenvalue weighted by Gasteiger charge is 2.29. The lowest BCUT2D eigenvalue weighted by Gasteiger charge is -2.31. The molecule has 0 radical (unpaired) electrons. The smallest absolute Gasteiger partial charge is 0.262 e. The Hall–Kier alpha value is -3.25. The molecule has 0 saturated heterocycles. The number of amides is 1. The van der Waals surface area contributed by atoms with Gasteiger partial charge in [-0.25, -0.2) is 4.98 Å². The number of nitrogens with one attached hydrogen (secondary N) is 1. The molecule has 0 atom stereocenters. The molecule has 2 heterocycles. The van der Waals surface area contributed by atoms with Crippen LogP contribution in [-0.2, 0) is 16.8 Å². The second-order valence-corrected chi connectivity index (χ2v) is 9.19. The third kappa shape index (κ3) is 4.03. The van der Waals surface area contributed by atoms with E-state index < -0.39 is 5.41 Å². The summed E-state index contributed by atoms with van der Waals surface area (Å²) in [7, 11) is 0. The number of hydrogen-bond donors (Lipinski definition) is 1. The lowest BCUT2D eigenvalue weighted by Crippen LogP contribution is -2.41. The normalized spacial score (nSPS) is 11.6. The zero-order valence-electron chi connectivity index (χ0n) is 17.9. The molecule has 5 nitrogen and oxygen atoms in total. The van der Waals surface area contributed by atoms with Crippen molar-refractivity contribution < 1.29 is 4.79 Å². The maximum Gasteiger partial charge on any atom is 0.262 e. The fourth-order valence-electron chi connectivity index (χ4n) is 3.85. The molecule has 0 aliphatic carbocycles. The second kappa shape index (κ2) is 8.47. The highest BCUT2D eigenvalue weighted by atomic mass is 32.1. The molecule has 2 aromatic carbocycles. The molecular formula is C25H25N3O2S. The first-order chi connectivity index (χ1) is 14.9. The Kier molecular flexibility index (Phi) is 5.74.